The molecule has 0 unspecified atom stereocenters. The molecule has 0 atom stereocenters. The number of carbonyl (C=O) groups excluding carboxylic acids is 1. The lowest BCUT2D eigenvalue weighted by Gasteiger charge is -2.20. The summed E-state index contributed by atoms with van der Waals surface area (Å²) in [6, 6.07) is 0. The van der Waals surface area contributed by atoms with Gasteiger partial charge in [0.05, 0.1) is 0 Å². The molecule has 0 aliphatic carbocycles. The van der Waals surface area contributed by atoms with E-state index in [2.05, 4.69) is 4.74 Å². The molecular weight excluding hydrogens is 203 g/mol. The van der Waals surface area contributed by atoms with E-state index in [1.807, 2.05) is 0 Å². The molecule has 13 heavy (non-hydrogen) atoms. The van der Waals surface area contributed by atoms with Gasteiger partial charge < -0.3 is 14.6 Å². The second kappa shape index (κ2) is 3.75. The maximum atomic E-state index is 12.0. The van der Waals surface area contributed by atoms with Gasteiger partial charge in [-0.1, -0.05) is 0 Å². The SMILES string of the molecule is O=C([O-])OCCC(F)(F)C(F)(F)F. The summed E-state index contributed by atoms with van der Waals surface area (Å²) in [5.74, 6) is -4.94. The monoisotopic (exact) mass is 207 g/mol. The summed E-state index contributed by atoms with van der Waals surface area (Å²) < 4.78 is 61.5. The van der Waals surface area contributed by atoms with Crippen LogP contribution in [0.4, 0.5) is 26.7 Å². The first-order chi connectivity index (χ1) is 5.67. The Morgan fingerprint density at radius 2 is 1.69 bits per heavy atom. The lowest BCUT2D eigenvalue weighted by molar-refractivity contribution is -0.298. The summed E-state index contributed by atoms with van der Waals surface area (Å²) in [6.07, 6.45) is -9.58. The van der Waals surface area contributed by atoms with Gasteiger partial charge >= 0.3 is 12.1 Å². The Balaban J connectivity index is 3.97. The van der Waals surface area contributed by atoms with Crippen molar-refractivity contribution in [3.63, 3.8) is 0 Å². The van der Waals surface area contributed by atoms with Crippen LogP contribution in [0.3, 0.4) is 0 Å². The van der Waals surface area contributed by atoms with Crippen molar-refractivity contribution >= 4 is 6.16 Å². The summed E-state index contributed by atoms with van der Waals surface area (Å²) in [4.78, 5) is 9.48. The van der Waals surface area contributed by atoms with Gasteiger partial charge in [-0.05, 0) is 0 Å². The van der Waals surface area contributed by atoms with Crippen molar-refractivity contribution in [2.24, 2.45) is 0 Å². The Morgan fingerprint density at radius 1 is 1.23 bits per heavy atom. The van der Waals surface area contributed by atoms with E-state index < -0.39 is 31.3 Å². The molecule has 0 N–H and O–H groups in total. The zero-order chi connectivity index (χ0) is 10.7. The van der Waals surface area contributed by atoms with Crippen LogP contribution in [0.2, 0.25) is 0 Å². The fourth-order valence-electron chi connectivity index (χ4n) is 0.404. The van der Waals surface area contributed by atoms with E-state index >= 15 is 0 Å². The van der Waals surface area contributed by atoms with Crippen molar-refractivity contribution in [3.05, 3.63) is 0 Å². The van der Waals surface area contributed by atoms with Gasteiger partial charge in [-0.15, -0.1) is 0 Å². The van der Waals surface area contributed by atoms with E-state index in [9.17, 15) is 31.9 Å². The van der Waals surface area contributed by atoms with Gasteiger partial charge in [-0.25, -0.2) is 0 Å². The van der Waals surface area contributed by atoms with Crippen molar-refractivity contribution in [3.8, 4) is 0 Å². The Labute approximate surface area is 69.1 Å². The van der Waals surface area contributed by atoms with E-state index in [0.717, 1.165) is 0 Å². The Kier molecular flexibility index (Phi) is 3.44. The van der Waals surface area contributed by atoms with E-state index in [1.54, 1.807) is 0 Å². The minimum Gasteiger partial charge on any atom is -0.549 e. The van der Waals surface area contributed by atoms with Gasteiger partial charge in [0, 0.05) is 13.0 Å². The van der Waals surface area contributed by atoms with Crippen LogP contribution in [-0.2, 0) is 4.74 Å². The second-order valence-electron chi connectivity index (χ2n) is 2.05. The zero-order valence-electron chi connectivity index (χ0n) is 6.03. The number of halogens is 5. The summed E-state index contributed by atoms with van der Waals surface area (Å²) in [6.45, 7) is -1.26. The van der Waals surface area contributed by atoms with Crippen molar-refractivity contribution in [2.75, 3.05) is 6.61 Å². The lowest BCUT2D eigenvalue weighted by atomic mass is 10.2. The van der Waals surface area contributed by atoms with Crippen LogP contribution in [0.5, 0.6) is 0 Å². The molecule has 0 aliphatic heterocycles. The standard InChI is InChI=1S/C5H5F5O3/c6-4(7,5(8,9)10)1-2-13-3(11)12/h1-2H2,(H,11,12)/p-1. The highest BCUT2D eigenvalue weighted by Crippen LogP contribution is 2.37. The molecule has 0 radical (unpaired) electrons. The molecule has 3 nitrogen and oxygen atoms in total. The Morgan fingerprint density at radius 3 is 2.00 bits per heavy atom. The molecule has 0 fully saturated rings. The molecule has 0 aromatic carbocycles. The molecule has 0 aromatic heterocycles. The van der Waals surface area contributed by atoms with Crippen molar-refractivity contribution in [1.29, 1.82) is 0 Å². The highest BCUT2D eigenvalue weighted by Gasteiger charge is 2.56. The number of alkyl halides is 5. The van der Waals surface area contributed by atoms with Crippen LogP contribution in [0.15, 0.2) is 0 Å². The Hall–Kier alpha value is -1.08. The fraction of sp³-hybridized carbons (Fsp3) is 0.800. The topological polar surface area (TPSA) is 49.4 Å². The molecule has 0 saturated carbocycles. The molecule has 0 saturated heterocycles. The largest absolute Gasteiger partial charge is 0.549 e. The second-order valence-corrected chi connectivity index (χ2v) is 2.05. The first-order valence-corrected chi connectivity index (χ1v) is 2.95. The molecule has 0 rings (SSSR count). The average molecular weight is 207 g/mol. The molecule has 8 heteroatoms. The van der Waals surface area contributed by atoms with E-state index in [1.165, 1.54) is 0 Å². The maximum absolute atomic E-state index is 12.0. The molecule has 78 valence electrons. The van der Waals surface area contributed by atoms with Crippen LogP contribution in [0, 0.1) is 0 Å². The molecule has 0 spiro atoms. The van der Waals surface area contributed by atoms with E-state index in [4.69, 9.17) is 0 Å². The number of rotatable bonds is 3. The summed E-state index contributed by atoms with van der Waals surface area (Å²) in [5, 5.41) is 9.48. The first-order valence-electron chi connectivity index (χ1n) is 2.95. The number of hydrogen-bond donors (Lipinski definition) is 0. The minimum atomic E-state index is -5.69. The van der Waals surface area contributed by atoms with E-state index in [-0.39, 0.29) is 0 Å². The highest BCUT2D eigenvalue weighted by molar-refractivity contribution is 5.53. The molecule has 0 aromatic rings. The van der Waals surface area contributed by atoms with Crippen molar-refractivity contribution < 1.29 is 36.6 Å². The summed E-state index contributed by atoms with van der Waals surface area (Å²) in [7, 11) is 0. The number of carboxylic acid groups (broad SMARTS) is 1. The summed E-state index contributed by atoms with van der Waals surface area (Å²) in [5.41, 5.74) is 0. The number of carbonyl (C=O) groups is 1. The van der Waals surface area contributed by atoms with Gasteiger partial charge in [0.25, 0.3) is 6.16 Å². The van der Waals surface area contributed by atoms with Crippen molar-refractivity contribution in [1.82, 2.24) is 0 Å². The average Bonchev–Trinajstić information content (AvgIpc) is 1.82. The van der Waals surface area contributed by atoms with Crippen LogP contribution in [-0.4, -0.2) is 24.9 Å². The predicted octanol–water partition coefficient (Wildman–Crippen LogP) is 0.934. The normalized spacial score (nSPS) is 12.7. The maximum Gasteiger partial charge on any atom is 0.453 e. The van der Waals surface area contributed by atoms with Gasteiger partial charge in [0.2, 0.25) is 0 Å². The smallest absolute Gasteiger partial charge is 0.453 e. The molecule has 0 aliphatic rings. The Bertz CT molecular complexity index is 187. The van der Waals surface area contributed by atoms with Crippen LogP contribution in [0.25, 0.3) is 0 Å². The number of hydrogen-bond acceptors (Lipinski definition) is 3. The molecule has 0 amide bonds. The summed E-state index contributed by atoms with van der Waals surface area (Å²) >= 11 is 0. The minimum absolute atomic E-state index is 1.26. The third-order valence-corrected chi connectivity index (χ3v) is 1.05. The van der Waals surface area contributed by atoms with Gasteiger partial charge in [-0.2, -0.15) is 22.0 Å². The third kappa shape index (κ3) is 3.90. The molecular formula is C5H4F5O3-. The predicted molar refractivity (Wildman–Crippen MR) is 27.0 cm³/mol. The first kappa shape index (κ1) is 11.9. The quantitative estimate of drug-likeness (QED) is 0.511. The van der Waals surface area contributed by atoms with Gasteiger partial charge in [0.15, 0.2) is 0 Å². The van der Waals surface area contributed by atoms with Crippen LogP contribution >= 0.6 is 0 Å². The van der Waals surface area contributed by atoms with Crippen LogP contribution in [0.1, 0.15) is 6.42 Å². The van der Waals surface area contributed by atoms with Crippen molar-refractivity contribution in [2.45, 2.75) is 18.5 Å². The third-order valence-electron chi connectivity index (χ3n) is 1.05. The fourth-order valence-corrected chi connectivity index (χ4v) is 0.404. The number of ether oxygens (including phenoxy) is 1. The highest BCUT2D eigenvalue weighted by atomic mass is 19.4. The lowest BCUT2D eigenvalue weighted by Crippen LogP contribution is -2.38. The molecule has 0 bridgehead atoms. The molecule has 0 heterocycles. The van der Waals surface area contributed by atoms with Gasteiger partial charge in [0.1, 0.15) is 0 Å². The zero-order valence-corrected chi connectivity index (χ0v) is 6.03. The van der Waals surface area contributed by atoms with Gasteiger partial charge in [-0.3, -0.25) is 0 Å². The van der Waals surface area contributed by atoms with Crippen LogP contribution < -0.4 is 5.11 Å². The van der Waals surface area contributed by atoms with E-state index in [0.29, 0.717) is 0 Å².